The Morgan fingerprint density at radius 2 is 2.04 bits per heavy atom. The monoisotopic (exact) mass is 349 g/mol. The fourth-order valence-electron chi connectivity index (χ4n) is 3.03. The van der Waals surface area contributed by atoms with Crippen LogP contribution < -0.4 is 5.32 Å². The molecule has 1 saturated carbocycles. The predicted octanol–water partition coefficient (Wildman–Crippen LogP) is 1.83. The third-order valence-electron chi connectivity index (χ3n) is 4.47. The van der Waals surface area contributed by atoms with Gasteiger partial charge < -0.3 is 14.8 Å². The van der Waals surface area contributed by atoms with Gasteiger partial charge in [0.2, 0.25) is 0 Å². The number of nitrogens with zero attached hydrogens (tertiary/aromatic N) is 4. The number of halogens is 2. The van der Waals surface area contributed by atoms with Gasteiger partial charge in [-0.3, -0.25) is 4.79 Å². The molecule has 25 heavy (non-hydrogen) atoms. The summed E-state index contributed by atoms with van der Waals surface area (Å²) in [5, 5.41) is 11.3. The first-order valence-corrected chi connectivity index (χ1v) is 8.14. The fraction of sp³-hybridized carbons (Fsp3) is 0.471. The lowest BCUT2D eigenvalue weighted by molar-refractivity contribution is 0.0902. The van der Waals surface area contributed by atoms with Crippen LogP contribution in [-0.4, -0.2) is 45.7 Å². The highest BCUT2D eigenvalue weighted by Crippen LogP contribution is 2.36. The summed E-state index contributed by atoms with van der Waals surface area (Å²) in [6.45, 7) is 0.709. The lowest BCUT2D eigenvalue weighted by Crippen LogP contribution is -2.44. The second-order valence-corrected chi connectivity index (χ2v) is 6.73. The third kappa shape index (κ3) is 3.68. The fourth-order valence-corrected chi connectivity index (χ4v) is 3.03. The van der Waals surface area contributed by atoms with Crippen molar-refractivity contribution in [1.29, 1.82) is 0 Å². The van der Waals surface area contributed by atoms with Gasteiger partial charge >= 0.3 is 0 Å². The van der Waals surface area contributed by atoms with E-state index in [9.17, 15) is 13.6 Å². The minimum Gasteiger partial charge on any atom is -0.349 e. The minimum absolute atomic E-state index is 0.0454. The maximum atomic E-state index is 13.6. The summed E-state index contributed by atoms with van der Waals surface area (Å²) < 4.78 is 28.6. The smallest absolute Gasteiger partial charge is 0.254 e. The van der Waals surface area contributed by atoms with Crippen LogP contribution in [0.25, 0.3) is 0 Å². The van der Waals surface area contributed by atoms with Crippen molar-refractivity contribution in [1.82, 2.24) is 25.0 Å². The van der Waals surface area contributed by atoms with Gasteiger partial charge in [0.05, 0.1) is 12.1 Å². The zero-order valence-corrected chi connectivity index (χ0v) is 14.5. The summed E-state index contributed by atoms with van der Waals surface area (Å²) in [5.41, 5.74) is -0.142. The number of carbonyl (C=O) groups is 1. The number of amides is 1. The van der Waals surface area contributed by atoms with Gasteiger partial charge in [-0.15, -0.1) is 10.2 Å². The van der Waals surface area contributed by atoms with Crippen LogP contribution in [0.2, 0.25) is 0 Å². The molecular weight excluding hydrogens is 328 g/mol. The molecule has 0 bridgehead atoms. The maximum Gasteiger partial charge on any atom is 0.254 e. The Morgan fingerprint density at radius 1 is 1.32 bits per heavy atom. The molecule has 3 rings (SSSR count). The van der Waals surface area contributed by atoms with Gasteiger partial charge in [-0.1, -0.05) is 0 Å². The quantitative estimate of drug-likeness (QED) is 0.895. The van der Waals surface area contributed by atoms with Gasteiger partial charge in [0.1, 0.15) is 23.3 Å². The van der Waals surface area contributed by atoms with E-state index in [1.165, 1.54) is 0 Å². The highest BCUT2D eigenvalue weighted by atomic mass is 19.1. The average Bonchev–Trinajstić information content (AvgIpc) is 2.82. The molecule has 134 valence electrons. The molecule has 0 atom stereocenters. The van der Waals surface area contributed by atoms with E-state index in [0.29, 0.717) is 12.6 Å². The van der Waals surface area contributed by atoms with Gasteiger partial charge in [-0.25, -0.2) is 8.78 Å². The maximum absolute atomic E-state index is 13.6. The lowest BCUT2D eigenvalue weighted by atomic mass is 9.79. The van der Waals surface area contributed by atoms with Crippen LogP contribution in [0, 0.1) is 11.6 Å². The number of hydrogen-bond acceptors (Lipinski definition) is 4. The van der Waals surface area contributed by atoms with Gasteiger partial charge in [0.15, 0.2) is 0 Å². The summed E-state index contributed by atoms with van der Waals surface area (Å²) in [6.07, 6.45) is 1.45. The summed E-state index contributed by atoms with van der Waals surface area (Å²) in [5.74, 6) is -0.0660. The SMILES string of the molecule is CN(C)Cc1nnc(C2CC(NC(=O)c3ccc(F)cc3F)C2)n1C. The van der Waals surface area contributed by atoms with Gasteiger partial charge in [0, 0.05) is 25.1 Å². The molecule has 6 nitrogen and oxygen atoms in total. The van der Waals surface area contributed by atoms with E-state index in [1.54, 1.807) is 0 Å². The molecule has 2 aromatic rings. The van der Waals surface area contributed by atoms with Crippen molar-refractivity contribution in [2.45, 2.75) is 31.3 Å². The van der Waals surface area contributed by atoms with Crippen LogP contribution in [0.4, 0.5) is 8.78 Å². The Balaban J connectivity index is 1.58. The topological polar surface area (TPSA) is 63.1 Å². The normalized spacial score (nSPS) is 19.8. The molecule has 0 saturated heterocycles. The largest absolute Gasteiger partial charge is 0.349 e. The number of benzene rings is 1. The Kier molecular flexibility index (Phi) is 4.80. The van der Waals surface area contributed by atoms with Crippen LogP contribution in [0.5, 0.6) is 0 Å². The first kappa shape index (κ1) is 17.5. The van der Waals surface area contributed by atoms with Crippen LogP contribution in [0.3, 0.4) is 0 Å². The first-order valence-electron chi connectivity index (χ1n) is 8.14. The Labute approximate surface area is 144 Å². The molecular formula is C17H21F2N5O. The van der Waals surface area contributed by atoms with E-state index in [2.05, 4.69) is 15.5 Å². The molecule has 0 aliphatic heterocycles. The van der Waals surface area contributed by atoms with Gasteiger partial charge in [-0.05, 0) is 39.1 Å². The summed E-state index contributed by atoms with van der Waals surface area (Å²) in [7, 11) is 5.88. The molecule has 1 N–H and O–H groups in total. The summed E-state index contributed by atoms with van der Waals surface area (Å²) in [6, 6.07) is 2.90. The average molecular weight is 349 g/mol. The van der Waals surface area contributed by atoms with Gasteiger partial charge in [0.25, 0.3) is 5.91 Å². The van der Waals surface area contributed by atoms with Crippen LogP contribution in [0.15, 0.2) is 18.2 Å². The third-order valence-corrected chi connectivity index (χ3v) is 4.47. The minimum atomic E-state index is -0.852. The molecule has 1 aromatic heterocycles. The summed E-state index contributed by atoms with van der Waals surface area (Å²) in [4.78, 5) is 14.1. The van der Waals surface area contributed by atoms with E-state index in [-0.39, 0.29) is 17.5 Å². The zero-order valence-electron chi connectivity index (χ0n) is 14.5. The number of nitrogens with one attached hydrogen (secondary N) is 1. The van der Waals surface area contributed by atoms with Gasteiger partial charge in [-0.2, -0.15) is 0 Å². The van der Waals surface area contributed by atoms with E-state index in [4.69, 9.17) is 0 Å². The lowest BCUT2D eigenvalue weighted by Gasteiger charge is -2.35. The van der Waals surface area contributed by atoms with E-state index in [1.807, 2.05) is 30.6 Å². The zero-order chi connectivity index (χ0) is 18.1. The van der Waals surface area contributed by atoms with Crippen LogP contribution in [-0.2, 0) is 13.6 Å². The van der Waals surface area contributed by atoms with Crippen molar-refractivity contribution >= 4 is 5.91 Å². The van der Waals surface area contributed by atoms with Crippen molar-refractivity contribution in [3.63, 3.8) is 0 Å². The molecule has 1 amide bonds. The van der Waals surface area contributed by atoms with Crippen molar-refractivity contribution in [3.05, 3.63) is 47.0 Å². The standard InChI is InChI=1S/C17H21F2N5O/c1-23(2)9-15-21-22-16(24(15)3)10-6-12(7-10)20-17(25)13-5-4-11(18)8-14(13)19/h4-5,8,10,12H,6-7,9H2,1-3H3,(H,20,25). The second-order valence-electron chi connectivity index (χ2n) is 6.73. The number of hydrogen-bond donors (Lipinski definition) is 1. The number of rotatable bonds is 5. The van der Waals surface area contributed by atoms with Crippen LogP contribution in [0.1, 0.15) is 40.8 Å². The molecule has 0 spiro atoms. The molecule has 1 aromatic carbocycles. The number of carbonyl (C=O) groups excluding carboxylic acids is 1. The molecule has 0 unspecified atom stereocenters. The molecule has 1 aliphatic carbocycles. The molecule has 1 aliphatic rings. The highest BCUT2D eigenvalue weighted by Gasteiger charge is 2.35. The molecule has 0 radical (unpaired) electrons. The molecule has 1 fully saturated rings. The molecule has 1 heterocycles. The van der Waals surface area contributed by atoms with Crippen molar-refractivity contribution in [2.75, 3.05) is 14.1 Å². The molecule has 8 heteroatoms. The first-order chi connectivity index (χ1) is 11.8. The Morgan fingerprint density at radius 3 is 2.68 bits per heavy atom. The van der Waals surface area contributed by atoms with Crippen molar-refractivity contribution in [2.24, 2.45) is 7.05 Å². The van der Waals surface area contributed by atoms with E-state index in [0.717, 1.165) is 36.6 Å². The van der Waals surface area contributed by atoms with Crippen LogP contribution >= 0.6 is 0 Å². The Bertz CT molecular complexity index is 783. The predicted molar refractivity (Wildman–Crippen MR) is 88.0 cm³/mol. The van der Waals surface area contributed by atoms with E-state index < -0.39 is 17.5 Å². The van der Waals surface area contributed by atoms with Crippen molar-refractivity contribution in [3.8, 4) is 0 Å². The Hall–Kier alpha value is -2.35. The summed E-state index contributed by atoms with van der Waals surface area (Å²) >= 11 is 0. The van der Waals surface area contributed by atoms with Crippen molar-refractivity contribution < 1.29 is 13.6 Å². The number of aromatic nitrogens is 3. The highest BCUT2D eigenvalue weighted by molar-refractivity contribution is 5.94. The van der Waals surface area contributed by atoms with E-state index >= 15 is 0 Å². The second kappa shape index (κ2) is 6.87.